The average Bonchev–Trinajstić information content (AvgIpc) is 2.64. The van der Waals surface area contributed by atoms with E-state index in [0.717, 1.165) is 6.92 Å². The fourth-order valence-corrected chi connectivity index (χ4v) is 2.45. The number of amides is 3. The second kappa shape index (κ2) is 13.7. The normalized spacial score (nSPS) is 13.2. The predicted molar refractivity (Wildman–Crippen MR) is 103 cm³/mol. The molecule has 3 amide bonds. The SMILES string of the molecule is CC(=O)CC[C@H](NC(=O)CC[C@H](NC(=O)CC[C@H](NC(C)=O)C(=O)O)C(=O)O)C(=O)O. The average molecular weight is 445 g/mol. The van der Waals surface area contributed by atoms with E-state index >= 15 is 0 Å². The summed E-state index contributed by atoms with van der Waals surface area (Å²) in [5, 5.41) is 33.7. The van der Waals surface area contributed by atoms with Crippen molar-refractivity contribution in [2.75, 3.05) is 0 Å². The monoisotopic (exact) mass is 445 g/mol. The zero-order valence-corrected chi connectivity index (χ0v) is 17.2. The lowest BCUT2D eigenvalue weighted by molar-refractivity contribution is -0.144. The highest BCUT2D eigenvalue weighted by molar-refractivity contribution is 5.87. The molecule has 0 saturated carbocycles. The van der Waals surface area contributed by atoms with Crippen LogP contribution < -0.4 is 16.0 Å². The molecule has 174 valence electrons. The molecule has 31 heavy (non-hydrogen) atoms. The van der Waals surface area contributed by atoms with Gasteiger partial charge in [-0.1, -0.05) is 0 Å². The lowest BCUT2D eigenvalue weighted by Gasteiger charge is -2.17. The number of carboxylic acid groups (broad SMARTS) is 3. The molecule has 3 atom stereocenters. The molecule has 0 unspecified atom stereocenters. The van der Waals surface area contributed by atoms with Gasteiger partial charge in [0, 0.05) is 26.2 Å². The Morgan fingerprint density at radius 2 is 0.903 bits per heavy atom. The predicted octanol–water partition coefficient (Wildman–Crippen LogP) is -1.36. The van der Waals surface area contributed by atoms with Crippen LogP contribution in [0.15, 0.2) is 0 Å². The Balaban J connectivity index is 4.69. The van der Waals surface area contributed by atoms with Crippen molar-refractivity contribution in [2.45, 2.75) is 70.5 Å². The summed E-state index contributed by atoms with van der Waals surface area (Å²) >= 11 is 0. The first-order chi connectivity index (χ1) is 14.3. The van der Waals surface area contributed by atoms with Crippen molar-refractivity contribution >= 4 is 41.4 Å². The molecule has 0 aliphatic heterocycles. The quantitative estimate of drug-likeness (QED) is 0.174. The largest absolute Gasteiger partial charge is 0.480 e. The molecule has 6 N–H and O–H groups in total. The van der Waals surface area contributed by atoms with Crippen LogP contribution in [-0.4, -0.2) is 74.9 Å². The third-order valence-electron chi connectivity index (χ3n) is 4.05. The third-order valence-corrected chi connectivity index (χ3v) is 4.05. The van der Waals surface area contributed by atoms with Crippen LogP contribution in [0.5, 0.6) is 0 Å². The van der Waals surface area contributed by atoms with Gasteiger partial charge in [0.05, 0.1) is 0 Å². The van der Waals surface area contributed by atoms with Gasteiger partial charge in [-0.3, -0.25) is 14.4 Å². The number of nitrogens with one attached hydrogen (secondary N) is 3. The summed E-state index contributed by atoms with van der Waals surface area (Å²) in [5.74, 6) is -6.56. The summed E-state index contributed by atoms with van der Waals surface area (Å²) in [4.78, 5) is 79.3. The number of ketones is 1. The van der Waals surface area contributed by atoms with Crippen molar-refractivity contribution < 1.29 is 48.9 Å². The Morgan fingerprint density at radius 3 is 1.19 bits per heavy atom. The Morgan fingerprint density at radius 1 is 0.581 bits per heavy atom. The van der Waals surface area contributed by atoms with Gasteiger partial charge in [0.15, 0.2) is 0 Å². The summed E-state index contributed by atoms with van der Waals surface area (Å²) < 4.78 is 0. The molecule has 0 aromatic heterocycles. The van der Waals surface area contributed by atoms with E-state index in [1.165, 1.54) is 6.92 Å². The van der Waals surface area contributed by atoms with E-state index in [-0.39, 0.29) is 37.9 Å². The number of aliphatic carboxylic acids is 3. The van der Waals surface area contributed by atoms with E-state index in [9.17, 15) is 38.7 Å². The van der Waals surface area contributed by atoms with Crippen LogP contribution in [0, 0.1) is 0 Å². The molecule has 0 aliphatic carbocycles. The molecule has 0 rings (SSSR count). The van der Waals surface area contributed by atoms with Gasteiger partial charge in [0.2, 0.25) is 17.7 Å². The molecule has 13 heteroatoms. The number of carbonyl (C=O) groups excluding carboxylic acids is 4. The summed E-state index contributed by atoms with van der Waals surface area (Å²) in [5.41, 5.74) is 0. The Labute approximate surface area is 177 Å². The lowest BCUT2D eigenvalue weighted by Crippen LogP contribution is -2.45. The summed E-state index contributed by atoms with van der Waals surface area (Å²) in [7, 11) is 0. The first-order valence-electron chi connectivity index (χ1n) is 9.37. The maximum absolute atomic E-state index is 11.9. The first-order valence-corrected chi connectivity index (χ1v) is 9.37. The number of rotatable bonds is 15. The standard InChI is InChI=1S/C18H27N3O10/c1-9(22)3-4-12(17(28)29)20-15(25)8-6-13(18(30)31)21-14(24)7-5-11(16(26)27)19-10(2)23/h11-13H,3-8H2,1-2H3,(H,19,23)(H,20,25)(H,21,24)(H,26,27)(H,28,29)(H,30,31)/t11-,12-,13-/m0/s1. The van der Waals surface area contributed by atoms with Gasteiger partial charge in [0.1, 0.15) is 23.9 Å². The molecular formula is C18H27N3O10. The van der Waals surface area contributed by atoms with Crippen LogP contribution in [0.3, 0.4) is 0 Å². The van der Waals surface area contributed by atoms with Crippen molar-refractivity contribution in [1.82, 2.24) is 16.0 Å². The van der Waals surface area contributed by atoms with E-state index in [4.69, 9.17) is 10.2 Å². The van der Waals surface area contributed by atoms with Crippen molar-refractivity contribution in [1.29, 1.82) is 0 Å². The second-order valence-corrected chi connectivity index (χ2v) is 6.83. The molecule has 0 aromatic carbocycles. The molecule has 0 heterocycles. The highest BCUT2D eigenvalue weighted by atomic mass is 16.4. The van der Waals surface area contributed by atoms with Crippen LogP contribution in [0.4, 0.5) is 0 Å². The van der Waals surface area contributed by atoms with E-state index in [0.29, 0.717) is 0 Å². The van der Waals surface area contributed by atoms with E-state index in [1.54, 1.807) is 0 Å². The molecule has 0 aliphatic rings. The minimum atomic E-state index is -1.47. The molecule has 0 saturated heterocycles. The van der Waals surface area contributed by atoms with Gasteiger partial charge in [0.25, 0.3) is 0 Å². The smallest absolute Gasteiger partial charge is 0.326 e. The number of hydrogen-bond acceptors (Lipinski definition) is 7. The minimum Gasteiger partial charge on any atom is -0.480 e. The van der Waals surface area contributed by atoms with Crippen molar-refractivity contribution in [2.24, 2.45) is 0 Å². The van der Waals surface area contributed by atoms with Crippen LogP contribution in [0.1, 0.15) is 52.4 Å². The Kier molecular flexibility index (Phi) is 12.1. The lowest BCUT2D eigenvalue weighted by atomic mass is 10.1. The second-order valence-electron chi connectivity index (χ2n) is 6.83. The highest BCUT2D eigenvalue weighted by Crippen LogP contribution is 2.04. The molecule has 0 spiro atoms. The van der Waals surface area contributed by atoms with E-state index in [2.05, 4.69) is 16.0 Å². The number of hydrogen-bond donors (Lipinski definition) is 6. The fraction of sp³-hybridized carbons (Fsp3) is 0.611. The van der Waals surface area contributed by atoms with Gasteiger partial charge in [-0.2, -0.15) is 0 Å². The van der Waals surface area contributed by atoms with E-state index < -0.39 is 60.2 Å². The van der Waals surface area contributed by atoms with Gasteiger partial charge >= 0.3 is 17.9 Å². The summed E-state index contributed by atoms with van der Waals surface area (Å²) in [6.07, 6.45) is -1.59. The minimum absolute atomic E-state index is 0.0547. The molecule has 0 aromatic rings. The van der Waals surface area contributed by atoms with Crippen LogP contribution in [0.25, 0.3) is 0 Å². The van der Waals surface area contributed by atoms with E-state index in [1.807, 2.05) is 0 Å². The molecule has 0 bridgehead atoms. The number of carboxylic acids is 3. The fourth-order valence-electron chi connectivity index (χ4n) is 2.45. The number of carbonyl (C=O) groups is 7. The third kappa shape index (κ3) is 12.6. The Hall–Kier alpha value is -3.51. The van der Waals surface area contributed by atoms with Gasteiger partial charge in [-0.05, 0) is 26.2 Å². The van der Waals surface area contributed by atoms with Gasteiger partial charge < -0.3 is 36.1 Å². The topological polar surface area (TPSA) is 216 Å². The highest BCUT2D eigenvalue weighted by Gasteiger charge is 2.25. The maximum atomic E-state index is 11.9. The summed E-state index contributed by atoms with van der Waals surface area (Å²) in [6, 6.07) is -4.10. The van der Waals surface area contributed by atoms with Crippen molar-refractivity contribution in [3.63, 3.8) is 0 Å². The molecule has 0 radical (unpaired) electrons. The summed E-state index contributed by atoms with van der Waals surface area (Å²) in [6.45, 7) is 2.38. The van der Waals surface area contributed by atoms with Crippen LogP contribution >= 0.6 is 0 Å². The maximum Gasteiger partial charge on any atom is 0.326 e. The molecular weight excluding hydrogens is 418 g/mol. The zero-order chi connectivity index (χ0) is 24.1. The van der Waals surface area contributed by atoms with Crippen molar-refractivity contribution in [3.8, 4) is 0 Å². The van der Waals surface area contributed by atoms with Crippen LogP contribution in [0.2, 0.25) is 0 Å². The number of Topliss-reactive ketones (excluding diaryl/α,β-unsaturated/α-hetero) is 1. The zero-order valence-electron chi connectivity index (χ0n) is 17.2. The van der Waals surface area contributed by atoms with Gasteiger partial charge in [-0.25, -0.2) is 14.4 Å². The van der Waals surface area contributed by atoms with Crippen LogP contribution in [-0.2, 0) is 33.6 Å². The van der Waals surface area contributed by atoms with Gasteiger partial charge in [-0.15, -0.1) is 0 Å². The van der Waals surface area contributed by atoms with Crippen molar-refractivity contribution in [3.05, 3.63) is 0 Å². The molecule has 13 nitrogen and oxygen atoms in total. The molecule has 0 fully saturated rings. The Bertz CT molecular complexity index is 721. The first kappa shape index (κ1) is 27.5.